The lowest BCUT2D eigenvalue weighted by molar-refractivity contribution is 0.0263. The zero-order valence-electron chi connectivity index (χ0n) is 16.2. The van der Waals surface area contributed by atoms with Gasteiger partial charge in [-0.1, -0.05) is 24.3 Å². The fourth-order valence-corrected chi connectivity index (χ4v) is 4.69. The Labute approximate surface area is 163 Å². The second-order valence-corrected chi connectivity index (χ2v) is 8.52. The molecule has 1 aliphatic heterocycles. The van der Waals surface area contributed by atoms with Gasteiger partial charge in [0, 0.05) is 25.4 Å². The van der Waals surface area contributed by atoms with E-state index in [0.29, 0.717) is 6.42 Å². The van der Waals surface area contributed by atoms with Gasteiger partial charge in [-0.2, -0.15) is 0 Å². The Morgan fingerprint density at radius 1 is 1.14 bits per heavy atom. The van der Waals surface area contributed by atoms with Gasteiger partial charge in [0.15, 0.2) is 17.0 Å². The third kappa shape index (κ3) is 2.69. The number of rotatable bonds is 3. The molecule has 2 N–H and O–H groups in total. The molecule has 2 aliphatic rings. The van der Waals surface area contributed by atoms with Gasteiger partial charge in [0.1, 0.15) is 6.33 Å². The van der Waals surface area contributed by atoms with Crippen LogP contribution in [0.25, 0.3) is 11.2 Å². The number of hydrogen-bond donors (Lipinski definition) is 2. The number of aromatic nitrogens is 4. The molecule has 1 fully saturated rings. The maximum Gasteiger partial charge on any atom is 0.166 e. The molecule has 0 spiro atoms. The minimum Gasteiger partial charge on any atom is -0.390 e. The molecule has 0 bridgehead atoms. The number of aliphatic hydroxyl groups excluding tert-OH is 1. The first kappa shape index (κ1) is 17.6. The van der Waals surface area contributed by atoms with Gasteiger partial charge in [0.2, 0.25) is 0 Å². The second kappa shape index (κ2) is 6.25. The number of imidazole rings is 1. The summed E-state index contributed by atoms with van der Waals surface area (Å²) < 4.78 is 1.97. The van der Waals surface area contributed by atoms with Crippen molar-refractivity contribution in [2.24, 2.45) is 5.92 Å². The average molecular weight is 379 g/mol. The van der Waals surface area contributed by atoms with E-state index in [4.69, 9.17) is 0 Å². The van der Waals surface area contributed by atoms with Gasteiger partial charge in [0.25, 0.3) is 0 Å². The predicted molar refractivity (Wildman–Crippen MR) is 106 cm³/mol. The van der Waals surface area contributed by atoms with Gasteiger partial charge >= 0.3 is 0 Å². The molecule has 7 heteroatoms. The summed E-state index contributed by atoms with van der Waals surface area (Å²) in [6, 6.07) is 7.96. The first-order valence-electron chi connectivity index (χ1n) is 9.84. The largest absolute Gasteiger partial charge is 0.390 e. The summed E-state index contributed by atoms with van der Waals surface area (Å²) in [4.78, 5) is 15.8. The van der Waals surface area contributed by atoms with Crippen LogP contribution >= 0.6 is 0 Å². The van der Waals surface area contributed by atoms with E-state index in [2.05, 4.69) is 32.0 Å². The van der Waals surface area contributed by atoms with Crippen molar-refractivity contribution < 1.29 is 10.2 Å². The molecule has 3 atom stereocenters. The predicted octanol–water partition coefficient (Wildman–Crippen LogP) is 1.93. The van der Waals surface area contributed by atoms with Crippen molar-refractivity contribution in [1.29, 1.82) is 0 Å². The summed E-state index contributed by atoms with van der Waals surface area (Å²) >= 11 is 0. The molecular weight excluding hydrogens is 354 g/mol. The van der Waals surface area contributed by atoms with Crippen molar-refractivity contribution >= 4 is 17.0 Å². The Kier molecular flexibility index (Phi) is 3.93. The van der Waals surface area contributed by atoms with Crippen molar-refractivity contribution in [3.05, 3.63) is 48.0 Å². The molecule has 0 radical (unpaired) electrons. The molecule has 7 nitrogen and oxygen atoms in total. The van der Waals surface area contributed by atoms with E-state index in [1.165, 1.54) is 5.56 Å². The van der Waals surface area contributed by atoms with Crippen molar-refractivity contribution in [1.82, 2.24) is 19.5 Å². The quantitative estimate of drug-likeness (QED) is 0.723. The first-order chi connectivity index (χ1) is 13.4. The minimum absolute atomic E-state index is 0.188. The maximum atomic E-state index is 10.7. The number of nitrogens with zero attached hydrogens (tertiary/aromatic N) is 5. The lowest BCUT2D eigenvalue weighted by atomic mass is 9.90. The van der Waals surface area contributed by atoms with Crippen LogP contribution in [0.15, 0.2) is 36.9 Å². The van der Waals surface area contributed by atoms with E-state index in [9.17, 15) is 10.2 Å². The summed E-state index contributed by atoms with van der Waals surface area (Å²) in [7, 11) is 0. The van der Waals surface area contributed by atoms with Crippen molar-refractivity contribution in [2.45, 2.75) is 44.4 Å². The van der Waals surface area contributed by atoms with Gasteiger partial charge in [-0.05, 0) is 31.4 Å². The molecule has 28 heavy (non-hydrogen) atoms. The van der Waals surface area contributed by atoms with Crippen LogP contribution in [0.1, 0.15) is 37.4 Å². The molecule has 3 aromatic rings. The molecule has 0 amide bonds. The van der Waals surface area contributed by atoms with E-state index in [-0.39, 0.29) is 12.0 Å². The summed E-state index contributed by atoms with van der Waals surface area (Å²) in [5.74, 6) is 0.999. The Balaban J connectivity index is 1.54. The number of aliphatic hydroxyl groups is 2. The molecular formula is C21H25N5O2. The Bertz CT molecular complexity index is 1030. The molecule has 2 aromatic heterocycles. The number of anilines is 1. The number of fused-ring (bicyclic) bond motifs is 2. The third-order valence-corrected chi connectivity index (χ3v) is 6.29. The number of benzene rings is 1. The van der Waals surface area contributed by atoms with Gasteiger partial charge < -0.3 is 19.7 Å². The normalized spacial score (nSPS) is 24.9. The number of hydrogen-bond acceptors (Lipinski definition) is 6. The average Bonchev–Trinajstić information content (AvgIpc) is 3.36. The van der Waals surface area contributed by atoms with E-state index in [1.807, 2.05) is 30.5 Å². The zero-order valence-corrected chi connectivity index (χ0v) is 16.2. The van der Waals surface area contributed by atoms with Crippen molar-refractivity contribution in [3.8, 4) is 0 Å². The van der Waals surface area contributed by atoms with Crippen LogP contribution in [0, 0.1) is 5.92 Å². The molecule has 1 saturated heterocycles. The highest BCUT2D eigenvalue weighted by Crippen LogP contribution is 2.37. The Hall–Kier alpha value is -2.51. The van der Waals surface area contributed by atoms with E-state index in [0.717, 1.165) is 42.1 Å². The summed E-state index contributed by atoms with van der Waals surface area (Å²) in [5, 5.41) is 21.1. The van der Waals surface area contributed by atoms with Gasteiger partial charge in [0.05, 0.1) is 24.1 Å². The lowest BCUT2D eigenvalue weighted by Gasteiger charge is -2.26. The Morgan fingerprint density at radius 3 is 2.75 bits per heavy atom. The van der Waals surface area contributed by atoms with E-state index < -0.39 is 11.7 Å². The highest BCUT2D eigenvalue weighted by Gasteiger charge is 2.36. The molecule has 1 unspecified atom stereocenters. The third-order valence-electron chi connectivity index (χ3n) is 6.29. The smallest absolute Gasteiger partial charge is 0.166 e. The van der Waals surface area contributed by atoms with Crippen LogP contribution < -0.4 is 4.90 Å². The van der Waals surface area contributed by atoms with Gasteiger partial charge in [-0.25, -0.2) is 15.0 Å². The van der Waals surface area contributed by atoms with Crippen molar-refractivity contribution in [2.75, 3.05) is 18.0 Å². The Morgan fingerprint density at radius 2 is 1.96 bits per heavy atom. The molecule has 5 rings (SSSR count). The maximum absolute atomic E-state index is 10.7. The molecule has 0 saturated carbocycles. The van der Waals surface area contributed by atoms with E-state index in [1.54, 1.807) is 12.7 Å². The van der Waals surface area contributed by atoms with Crippen LogP contribution in [0.2, 0.25) is 0 Å². The fraction of sp³-hybridized carbons (Fsp3) is 0.476. The molecule has 1 aliphatic carbocycles. The highest BCUT2D eigenvalue weighted by molar-refractivity contribution is 5.83. The van der Waals surface area contributed by atoms with Crippen LogP contribution in [-0.2, 0) is 6.42 Å². The fourth-order valence-electron chi connectivity index (χ4n) is 4.69. The zero-order chi connectivity index (χ0) is 19.5. The standard InChI is InChI=1S/C21H25N5O2/c1-21(2,28)14-7-8-25(10-14)19-17-20(23-11-22-19)26(12-24-17)18-15-6-4-3-5-13(15)9-16(18)27/h3-6,11-12,14,16,18,27-28H,7-10H2,1-2H3/t14?,16-,18-/m0/s1. The minimum atomic E-state index is -0.710. The summed E-state index contributed by atoms with van der Waals surface area (Å²) in [5.41, 5.74) is 3.06. The van der Waals surface area contributed by atoms with Gasteiger partial charge in [-0.3, -0.25) is 0 Å². The summed E-state index contributed by atoms with van der Waals surface area (Å²) in [6.45, 7) is 5.31. The van der Waals surface area contributed by atoms with Crippen molar-refractivity contribution in [3.63, 3.8) is 0 Å². The molecule has 146 valence electrons. The highest BCUT2D eigenvalue weighted by atomic mass is 16.3. The second-order valence-electron chi connectivity index (χ2n) is 8.52. The van der Waals surface area contributed by atoms with E-state index >= 15 is 0 Å². The SMILES string of the molecule is CC(C)(O)C1CCN(c2ncnc3c2ncn3[C@H]2c3ccccc3C[C@@H]2O)C1. The molecule has 1 aromatic carbocycles. The monoisotopic (exact) mass is 379 g/mol. The first-order valence-corrected chi connectivity index (χ1v) is 9.84. The van der Waals surface area contributed by atoms with Crippen LogP contribution in [0.4, 0.5) is 5.82 Å². The lowest BCUT2D eigenvalue weighted by Crippen LogP contribution is -2.33. The van der Waals surface area contributed by atoms with Gasteiger partial charge in [-0.15, -0.1) is 0 Å². The van der Waals surface area contributed by atoms with Crippen LogP contribution in [0.5, 0.6) is 0 Å². The topological polar surface area (TPSA) is 87.3 Å². The van der Waals surface area contributed by atoms with Crippen LogP contribution in [-0.4, -0.2) is 54.5 Å². The molecule has 3 heterocycles. The summed E-state index contributed by atoms with van der Waals surface area (Å²) in [6.07, 6.45) is 4.39. The van der Waals surface area contributed by atoms with Crippen LogP contribution in [0.3, 0.4) is 0 Å².